The molecule has 1 amide bonds. The zero-order chi connectivity index (χ0) is 19.4. The summed E-state index contributed by atoms with van der Waals surface area (Å²) in [4.78, 5) is 22.8. The van der Waals surface area contributed by atoms with Gasteiger partial charge in [0, 0.05) is 25.2 Å². The van der Waals surface area contributed by atoms with E-state index in [9.17, 15) is 9.18 Å². The second-order valence-corrected chi connectivity index (χ2v) is 8.24. The Labute approximate surface area is 165 Å². The fraction of sp³-hybridized carbons (Fsp3) is 0.524. The van der Waals surface area contributed by atoms with Crippen LogP contribution >= 0.6 is 11.3 Å². The molecule has 1 fully saturated rings. The van der Waals surface area contributed by atoms with Crippen LogP contribution in [0.25, 0.3) is 10.6 Å². The van der Waals surface area contributed by atoms with Crippen LogP contribution in [0.3, 0.4) is 0 Å². The molecule has 0 N–H and O–H groups in total. The van der Waals surface area contributed by atoms with E-state index in [0.717, 1.165) is 55.4 Å². The molecule has 1 saturated heterocycles. The highest BCUT2D eigenvalue weighted by Gasteiger charge is 2.24. The summed E-state index contributed by atoms with van der Waals surface area (Å²) in [6, 6.07) is 4.98. The van der Waals surface area contributed by atoms with Gasteiger partial charge in [-0.25, -0.2) is 9.37 Å². The van der Waals surface area contributed by atoms with Gasteiger partial charge < -0.3 is 9.80 Å². The Hall–Kier alpha value is -1.79. The van der Waals surface area contributed by atoms with Gasteiger partial charge in [0.2, 0.25) is 0 Å². The van der Waals surface area contributed by atoms with Crippen molar-refractivity contribution in [3.8, 4) is 10.6 Å². The van der Waals surface area contributed by atoms with Crippen LogP contribution in [0.1, 0.15) is 47.1 Å². The summed E-state index contributed by atoms with van der Waals surface area (Å²) in [6.07, 6.45) is 3.42. The Balaban J connectivity index is 1.73. The molecule has 1 aliphatic rings. The number of nitrogens with zero attached hydrogens (tertiary/aromatic N) is 3. The minimum atomic E-state index is -0.222. The fourth-order valence-corrected chi connectivity index (χ4v) is 4.45. The first-order valence-corrected chi connectivity index (χ1v) is 10.6. The van der Waals surface area contributed by atoms with Gasteiger partial charge in [-0.15, -0.1) is 11.3 Å². The van der Waals surface area contributed by atoms with Crippen molar-refractivity contribution in [3.63, 3.8) is 0 Å². The van der Waals surface area contributed by atoms with Crippen LogP contribution in [-0.4, -0.2) is 53.4 Å². The lowest BCUT2D eigenvalue weighted by Gasteiger charge is -2.21. The second kappa shape index (κ2) is 8.93. The molecule has 4 nitrogen and oxygen atoms in total. The molecule has 3 rings (SSSR count). The van der Waals surface area contributed by atoms with Gasteiger partial charge >= 0.3 is 0 Å². The number of hydrogen-bond donors (Lipinski definition) is 0. The molecule has 2 heterocycles. The first-order valence-electron chi connectivity index (χ1n) is 9.75. The lowest BCUT2D eigenvalue weighted by molar-refractivity contribution is 0.0765. The van der Waals surface area contributed by atoms with Crippen LogP contribution in [0.4, 0.5) is 4.39 Å². The Morgan fingerprint density at radius 1 is 1.22 bits per heavy atom. The molecule has 0 saturated carbocycles. The van der Waals surface area contributed by atoms with Gasteiger partial charge in [-0.05, 0) is 63.5 Å². The number of rotatable bonds is 5. The Morgan fingerprint density at radius 3 is 2.78 bits per heavy atom. The minimum absolute atomic E-state index is 0.0763. The van der Waals surface area contributed by atoms with Gasteiger partial charge in [0.15, 0.2) is 0 Å². The summed E-state index contributed by atoms with van der Waals surface area (Å²) >= 11 is 1.41. The number of thiazole rings is 1. The van der Waals surface area contributed by atoms with Gasteiger partial charge in [0.25, 0.3) is 5.91 Å². The predicted octanol–water partition coefficient (Wildman–Crippen LogP) is 4.51. The zero-order valence-electron chi connectivity index (χ0n) is 16.4. The average molecular weight is 390 g/mol. The second-order valence-electron chi connectivity index (χ2n) is 7.24. The van der Waals surface area contributed by atoms with Gasteiger partial charge in [0.05, 0.1) is 5.69 Å². The van der Waals surface area contributed by atoms with Crippen LogP contribution in [0, 0.1) is 19.7 Å². The summed E-state index contributed by atoms with van der Waals surface area (Å²) in [5.41, 5.74) is 2.21. The fourth-order valence-electron chi connectivity index (χ4n) is 3.42. The minimum Gasteiger partial charge on any atom is -0.337 e. The predicted molar refractivity (Wildman–Crippen MR) is 109 cm³/mol. The molecule has 1 aromatic carbocycles. The quantitative estimate of drug-likeness (QED) is 0.755. The highest BCUT2D eigenvalue weighted by molar-refractivity contribution is 7.17. The number of aryl methyl sites for hydroxylation is 2. The van der Waals surface area contributed by atoms with E-state index < -0.39 is 0 Å². The standard InChI is InChI=1S/C21H28FN3OS/c1-4-5-9-24-10-6-11-25(13-12-24)21(26)19-16(3)23-20(27-19)17-7-8-18(22)15(2)14-17/h7-8,14H,4-6,9-13H2,1-3H3. The summed E-state index contributed by atoms with van der Waals surface area (Å²) in [5, 5.41) is 0.776. The molecule has 0 spiro atoms. The topological polar surface area (TPSA) is 36.4 Å². The van der Waals surface area contributed by atoms with Crippen molar-refractivity contribution in [2.24, 2.45) is 0 Å². The maximum absolute atomic E-state index is 13.5. The Kier molecular flexibility index (Phi) is 6.60. The van der Waals surface area contributed by atoms with E-state index in [2.05, 4.69) is 16.8 Å². The van der Waals surface area contributed by atoms with Crippen molar-refractivity contribution in [2.45, 2.75) is 40.0 Å². The molecule has 2 aromatic rings. The van der Waals surface area contributed by atoms with Crippen molar-refractivity contribution < 1.29 is 9.18 Å². The van der Waals surface area contributed by atoms with E-state index in [4.69, 9.17) is 0 Å². The molecule has 0 aliphatic carbocycles. The third-order valence-electron chi connectivity index (χ3n) is 5.10. The monoisotopic (exact) mass is 389 g/mol. The summed E-state index contributed by atoms with van der Waals surface area (Å²) in [6.45, 7) is 10.5. The van der Waals surface area contributed by atoms with Crippen LogP contribution in [-0.2, 0) is 0 Å². The number of carbonyl (C=O) groups excluding carboxylic acids is 1. The molecule has 27 heavy (non-hydrogen) atoms. The number of benzene rings is 1. The number of aromatic nitrogens is 1. The van der Waals surface area contributed by atoms with E-state index in [0.29, 0.717) is 10.4 Å². The number of amides is 1. The number of carbonyl (C=O) groups is 1. The summed E-state index contributed by atoms with van der Waals surface area (Å²) in [7, 11) is 0. The van der Waals surface area contributed by atoms with Crippen LogP contribution in [0.2, 0.25) is 0 Å². The smallest absolute Gasteiger partial charge is 0.265 e. The summed E-state index contributed by atoms with van der Waals surface area (Å²) < 4.78 is 13.5. The molecular formula is C21H28FN3OS. The van der Waals surface area contributed by atoms with E-state index >= 15 is 0 Å². The highest BCUT2D eigenvalue weighted by Crippen LogP contribution is 2.30. The van der Waals surface area contributed by atoms with E-state index in [-0.39, 0.29) is 11.7 Å². The molecule has 146 valence electrons. The number of hydrogen-bond acceptors (Lipinski definition) is 4. The van der Waals surface area contributed by atoms with Crippen molar-refractivity contribution >= 4 is 17.2 Å². The van der Waals surface area contributed by atoms with E-state index in [1.165, 1.54) is 30.2 Å². The summed E-state index contributed by atoms with van der Waals surface area (Å²) in [5.74, 6) is -0.145. The largest absolute Gasteiger partial charge is 0.337 e. The Morgan fingerprint density at radius 2 is 2.04 bits per heavy atom. The molecule has 1 aliphatic heterocycles. The van der Waals surface area contributed by atoms with Crippen molar-refractivity contribution in [1.29, 1.82) is 0 Å². The molecule has 0 atom stereocenters. The SMILES string of the molecule is CCCCN1CCCN(C(=O)c2sc(-c3ccc(F)c(C)c3)nc2C)CC1. The van der Waals surface area contributed by atoms with E-state index in [1.807, 2.05) is 11.8 Å². The van der Waals surface area contributed by atoms with Crippen molar-refractivity contribution in [3.05, 3.63) is 40.2 Å². The van der Waals surface area contributed by atoms with Gasteiger partial charge in [0.1, 0.15) is 15.7 Å². The lowest BCUT2D eigenvalue weighted by atomic mass is 10.1. The molecule has 1 aromatic heterocycles. The zero-order valence-corrected chi connectivity index (χ0v) is 17.2. The molecule has 6 heteroatoms. The maximum Gasteiger partial charge on any atom is 0.265 e. The molecular weight excluding hydrogens is 361 g/mol. The maximum atomic E-state index is 13.5. The number of halogens is 1. The van der Waals surface area contributed by atoms with Crippen LogP contribution in [0.5, 0.6) is 0 Å². The van der Waals surface area contributed by atoms with Crippen molar-refractivity contribution in [2.75, 3.05) is 32.7 Å². The first-order chi connectivity index (χ1) is 13.0. The first kappa shape index (κ1) is 20.0. The third-order valence-corrected chi connectivity index (χ3v) is 6.29. The van der Waals surface area contributed by atoms with Crippen LogP contribution < -0.4 is 0 Å². The average Bonchev–Trinajstić information content (AvgIpc) is 2.89. The molecule has 0 bridgehead atoms. The third kappa shape index (κ3) is 4.74. The normalized spacial score (nSPS) is 15.8. The van der Waals surface area contributed by atoms with Crippen LogP contribution in [0.15, 0.2) is 18.2 Å². The highest BCUT2D eigenvalue weighted by atomic mass is 32.1. The van der Waals surface area contributed by atoms with Gasteiger partial charge in [-0.3, -0.25) is 4.79 Å². The lowest BCUT2D eigenvalue weighted by Crippen LogP contribution is -2.35. The molecule has 0 radical (unpaired) electrons. The Bertz CT molecular complexity index is 805. The molecule has 0 unspecified atom stereocenters. The van der Waals surface area contributed by atoms with Gasteiger partial charge in [-0.1, -0.05) is 13.3 Å². The van der Waals surface area contributed by atoms with Gasteiger partial charge in [-0.2, -0.15) is 0 Å². The van der Waals surface area contributed by atoms with Crippen molar-refractivity contribution in [1.82, 2.24) is 14.8 Å². The number of unbranched alkanes of at least 4 members (excludes halogenated alkanes) is 1. The van der Waals surface area contributed by atoms with E-state index in [1.54, 1.807) is 19.1 Å².